The van der Waals surface area contributed by atoms with Crippen molar-refractivity contribution >= 4 is 17.3 Å². The number of ether oxygens (including phenoxy) is 1. The number of nitrogens with zero attached hydrogens (tertiary/aromatic N) is 1. The van der Waals surface area contributed by atoms with Gasteiger partial charge in [0.2, 0.25) is 0 Å². The highest BCUT2D eigenvalue weighted by atomic mass is 35.5. The smallest absolute Gasteiger partial charge is 0.275 e. The van der Waals surface area contributed by atoms with E-state index in [4.69, 9.17) is 16.3 Å². The molecule has 1 aromatic rings. The van der Waals surface area contributed by atoms with Crippen LogP contribution in [0.2, 0.25) is 5.02 Å². The van der Waals surface area contributed by atoms with Crippen LogP contribution in [0.3, 0.4) is 0 Å². The van der Waals surface area contributed by atoms with Gasteiger partial charge in [0.1, 0.15) is 0 Å². The number of nitrogens with one attached hydrogen (secondary N) is 1. The van der Waals surface area contributed by atoms with Crippen LogP contribution in [0.5, 0.6) is 0 Å². The normalized spacial score (nSPS) is 22.6. The molecule has 0 aliphatic carbocycles. The highest BCUT2D eigenvalue weighted by molar-refractivity contribution is 6.31. The molecule has 1 heterocycles. The van der Waals surface area contributed by atoms with Gasteiger partial charge in [0.15, 0.2) is 0 Å². The van der Waals surface area contributed by atoms with E-state index in [0.717, 1.165) is 19.6 Å². The molecule has 1 N–H and O–H groups in total. The Bertz CT molecular complexity index is 467. The van der Waals surface area contributed by atoms with Crippen molar-refractivity contribution in [1.82, 2.24) is 5.32 Å². The van der Waals surface area contributed by atoms with Crippen molar-refractivity contribution in [2.24, 2.45) is 5.92 Å². The zero-order chi connectivity index (χ0) is 13.8. The van der Waals surface area contributed by atoms with Gasteiger partial charge in [0.25, 0.3) is 5.69 Å². The maximum absolute atomic E-state index is 10.9. The average molecular weight is 285 g/mol. The number of nitro benzene ring substituents is 1. The lowest BCUT2D eigenvalue weighted by atomic mass is 10.0. The number of rotatable bonds is 5. The van der Waals surface area contributed by atoms with Gasteiger partial charge in [-0.25, -0.2) is 0 Å². The van der Waals surface area contributed by atoms with Gasteiger partial charge in [0, 0.05) is 25.8 Å². The topological polar surface area (TPSA) is 64.4 Å². The van der Waals surface area contributed by atoms with Crippen LogP contribution in [0.15, 0.2) is 18.2 Å². The Morgan fingerprint density at radius 1 is 1.58 bits per heavy atom. The molecule has 1 aliphatic rings. The van der Waals surface area contributed by atoms with Gasteiger partial charge in [0.05, 0.1) is 21.6 Å². The molecule has 0 radical (unpaired) electrons. The molecule has 0 aromatic heterocycles. The molecule has 1 aliphatic heterocycles. The minimum Gasteiger partial charge on any atom is -0.378 e. The Labute approximate surface area is 117 Å². The minimum absolute atomic E-state index is 0.0655. The first kappa shape index (κ1) is 14.2. The monoisotopic (exact) mass is 284 g/mol. The minimum atomic E-state index is -0.399. The van der Waals surface area contributed by atoms with E-state index in [1.807, 2.05) is 0 Å². The van der Waals surface area contributed by atoms with Gasteiger partial charge in [-0.2, -0.15) is 0 Å². The summed E-state index contributed by atoms with van der Waals surface area (Å²) in [5.41, 5.74) is 0.608. The van der Waals surface area contributed by atoms with Gasteiger partial charge in [-0.3, -0.25) is 10.1 Å². The van der Waals surface area contributed by atoms with Crippen LogP contribution in [-0.4, -0.2) is 24.2 Å². The third-order valence-corrected chi connectivity index (χ3v) is 3.89. The molecule has 1 fully saturated rings. The van der Waals surface area contributed by atoms with Crippen molar-refractivity contribution in [1.29, 1.82) is 0 Å². The van der Waals surface area contributed by atoms with E-state index < -0.39 is 4.92 Å². The van der Waals surface area contributed by atoms with Gasteiger partial charge in [-0.1, -0.05) is 17.7 Å². The largest absolute Gasteiger partial charge is 0.378 e. The van der Waals surface area contributed by atoms with Gasteiger partial charge < -0.3 is 10.1 Å². The molecule has 6 heteroatoms. The first-order chi connectivity index (χ1) is 9.09. The summed E-state index contributed by atoms with van der Waals surface area (Å²) in [5.74, 6) is 0.460. The van der Waals surface area contributed by atoms with Gasteiger partial charge in [-0.05, 0) is 25.3 Å². The molecule has 1 saturated heterocycles. The lowest BCUT2D eigenvalue weighted by Crippen LogP contribution is -2.27. The van der Waals surface area contributed by atoms with E-state index in [1.54, 1.807) is 12.1 Å². The van der Waals surface area contributed by atoms with E-state index in [9.17, 15) is 10.1 Å². The molecule has 0 saturated carbocycles. The Kier molecular flexibility index (Phi) is 4.74. The quantitative estimate of drug-likeness (QED) is 0.667. The Hall–Kier alpha value is -1.17. The third-order valence-electron chi connectivity index (χ3n) is 3.53. The number of benzene rings is 1. The summed E-state index contributed by atoms with van der Waals surface area (Å²) >= 11 is 6.03. The highest BCUT2D eigenvalue weighted by Gasteiger charge is 2.24. The number of hydrogen-bond acceptors (Lipinski definition) is 4. The molecular weight excluding hydrogens is 268 g/mol. The second-order valence-corrected chi connectivity index (χ2v) is 5.16. The van der Waals surface area contributed by atoms with Crippen molar-refractivity contribution in [3.63, 3.8) is 0 Å². The summed E-state index contributed by atoms with van der Waals surface area (Å²) in [6.07, 6.45) is 1.27. The summed E-state index contributed by atoms with van der Waals surface area (Å²) in [6.45, 7) is 4.03. The number of halogens is 1. The SMILES string of the molecule is CC1OCCC1CNCc1c(Cl)cccc1[N+](=O)[O-]. The number of nitro groups is 1. The molecule has 0 bridgehead atoms. The molecule has 2 atom stereocenters. The van der Waals surface area contributed by atoms with Crippen molar-refractivity contribution in [2.75, 3.05) is 13.2 Å². The molecule has 1 aromatic carbocycles. The van der Waals surface area contributed by atoms with Crippen LogP contribution in [-0.2, 0) is 11.3 Å². The van der Waals surface area contributed by atoms with Crippen molar-refractivity contribution in [2.45, 2.75) is 26.0 Å². The Morgan fingerprint density at radius 2 is 2.37 bits per heavy atom. The summed E-state index contributed by atoms with van der Waals surface area (Å²) in [7, 11) is 0. The third kappa shape index (κ3) is 3.43. The fourth-order valence-electron chi connectivity index (χ4n) is 2.32. The van der Waals surface area contributed by atoms with Crippen LogP contribution >= 0.6 is 11.6 Å². The zero-order valence-electron chi connectivity index (χ0n) is 10.8. The maximum Gasteiger partial charge on any atom is 0.275 e. The fourth-order valence-corrected chi connectivity index (χ4v) is 2.56. The first-order valence-electron chi connectivity index (χ1n) is 6.33. The van der Waals surface area contributed by atoms with Crippen LogP contribution in [0.25, 0.3) is 0 Å². The van der Waals surface area contributed by atoms with Crippen molar-refractivity contribution in [3.05, 3.63) is 38.9 Å². The maximum atomic E-state index is 10.9. The molecule has 19 heavy (non-hydrogen) atoms. The molecular formula is C13H17ClN2O3. The lowest BCUT2D eigenvalue weighted by molar-refractivity contribution is -0.385. The zero-order valence-corrected chi connectivity index (χ0v) is 11.5. The predicted molar refractivity (Wildman–Crippen MR) is 73.3 cm³/mol. The van der Waals surface area contributed by atoms with Crippen LogP contribution < -0.4 is 5.32 Å². The summed E-state index contributed by atoms with van der Waals surface area (Å²) in [5, 5.41) is 14.6. The van der Waals surface area contributed by atoms with Gasteiger partial charge >= 0.3 is 0 Å². The molecule has 2 unspecified atom stereocenters. The van der Waals surface area contributed by atoms with E-state index in [1.165, 1.54) is 6.07 Å². The van der Waals surface area contributed by atoms with Crippen LogP contribution in [0.1, 0.15) is 18.9 Å². The summed E-state index contributed by atoms with van der Waals surface area (Å²) < 4.78 is 5.48. The predicted octanol–water partition coefficient (Wildman–Crippen LogP) is 2.76. The highest BCUT2D eigenvalue weighted by Crippen LogP contribution is 2.26. The van der Waals surface area contributed by atoms with E-state index in [0.29, 0.717) is 23.0 Å². The Morgan fingerprint density at radius 3 is 3.00 bits per heavy atom. The van der Waals surface area contributed by atoms with Crippen molar-refractivity contribution < 1.29 is 9.66 Å². The molecule has 5 nitrogen and oxygen atoms in total. The molecule has 2 rings (SSSR count). The van der Waals surface area contributed by atoms with E-state index in [-0.39, 0.29) is 11.8 Å². The standard InChI is InChI=1S/C13H17ClN2O3/c1-9-10(5-6-19-9)7-15-8-11-12(14)3-2-4-13(11)16(17)18/h2-4,9-10,15H,5-8H2,1H3. The first-order valence-corrected chi connectivity index (χ1v) is 6.71. The van der Waals surface area contributed by atoms with E-state index >= 15 is 0 Å². The second kappa shape index (κ2) is 6.32. The second-order valence-electron chi connectivity index (χ2n) is 4.75. The number of hydrogen-bond donors (Lipinski definition) is 1. The molecule has 0 spiro atoms. The van der Waals surface area contributed by atoms with E-state index in [2.05, 4.69) is 12.2 Å². The molecule has 104 valence electrons. The van der Waals surface area contributed by atoms with Crippen LogP contribution in [0, 0.1) is 16.0 Å². The summed E-state index contributed by atoms with van der Waals surface area (Å²) in [6, 6.07) is 4.74. The van der Waals surface area contributed by atoms with Gasteiger partial charge in [-0.15, -0.1) is 0 Å². The molecule has 0 amide bonds. The Balaban J connectivity index is 1.97. The fraction of sp³-hybridized carbons (Fsp3) is 0.538. The average Bonchev–Trinajstić information content (AvgIpc) is 2.77. The van der Waals surface area contributed by atoms with Crippen LogP contribution in [0.4, 0.5) is 5.69 Å². The van der Waals surface area contributed by atoms with Crippen molar-refractivity contribution in [3.8, 4) is 0 Å². The summed E-state index contributed by atoms with van der Waals surface area (Å²) in [4.78, 5) is 10.5. The lowest BCUT2D eigenvalue weighted by Gasteiger charge is -2.15.